The maximum absolute atomic E-state index is 10.2. The van der Waals surface area contributed by atoms with Crippen molar-refractivity contribution in [2.45, 2.75) is 34.1 Å². The topological polar surface area (TPSA) is 50.9 Å². The van der Waals surface area contributed by atoms with Crippen LogP contribution in [0.5, 0.6) is 5.75 Å². The Bertz CT molecular complexity index is 714. The Labute approximate surface area is 125 Å². The molecule has 1 N–H and O–H groups in total. The molecule has 1 aromatic heterocycles. The van der Waals surface area contributed by atoms with E-state index in [1.54, 1.807) is 0 Å². The molecule has 21 heavy (non-hydrogen) atoms. The number of aromatic hydroxyl groups is 1. The van der Waals surface area contributed by atoms with Gasteiger partial charge in [0.1, 0.15) is 22.5 Å². The van der Waals surface area contributed by atoms with Crippen LogP contribution in [0.25, 0.3) is 16.7 Å². The van der Waals surface area contributed by atoms with Crippen molar-refractivity contribution in [1.29, 1.82) is 0 Å². The Balaban J connectivity index is 0.000000774. The van der Waals surface area contributed by atoms with Gasteiger partial charge in [0, 0.05) is 0 Å². The van der Waals surface area contributed by atoms with Crippen LogP contribution in [-0.2, 0) is 6.42 Å². The number of aryl methyl sites for hydroxylation is 2. The third-order valence-electron chi connectivity index (χ3n) is 3.25. The van der Waals surface area contributed by atoms with E-state index in [2.05, 4.69) is 17.1 Å². The lowest BCUT2D eigenvalue weighted by Gasteiger charge is -2.08. The normalized spacial score (nSPS) is 10.3. The average molecular weight is 283 g/mol. The lowest BCUT2D eigenvalue weighted by Crippen LogP contribution is -2.01. The van der Waals surface area contributed by atoms with Crippen molar-refractivity contribution in [2.75, 3.05) is 0 Å². The van der Waals surface area contributed by atoms with Gasteiger partial charge in [0.2, 0.25) is 0 Å². The number of nitrogens with zero attached hydrogens (tertiary/aromatic N) is 3. The lowest BCUT2D eigenvalue weighted by atomic mass is 10.1. The van der Waals surface area contributed by atoms with Crippen LogP contribution in [0.15, 0.2) is 36.4 Å². The minimum Gasteiger partial charge on any atom is -0.505 e. The van der Waals surface area contributed by atoms with E-state index in [9.17, 15) is 5.11 Å². The second-order valence-corrected chi connectivity index (χ2v) is 4.61. The molecule has 2 aromatic carbocycles. The van der Waals surface area contributed by atoms with Crippen LogP contribution in [-0.4, -0.2) is 20.1 Å². The Morgan fingerprint density at radius 3 is 2.14 bits per heavy atom. The van der Waals surface area contributed by atoms with Crippen LogP contribution in [0.3, 0.4) is 0 Å². The second kappa shape index (κ2) is 6.39. The molecule has 4 heteroatoms. The van der Waals surface area contributed by atoms with Crippen molar-refractivity contribution in [3.8, 4) is 11.4 Å². The van der Waals surface area contributed by atoms with Crippen molar-refractivity contribution in [3.05, 3.63) is 47.5 Å². The molecule has 4 nitrogen and oxygen atoms in total. The Kier molecular flexibility index (Phi) is 4.58. The predicted octanol–water partition coefficient (Wildman–Crippen LogP) is 4.02. The van der Waals surface area contributed by atoms with Gasteiger partial charge in [0.15, 0.2) is 0 Å². The summed E-state index contributed by atoms with van der Waals surface area (Å²) in [4.78, 5) is 1.51. The molecule has 1 heterocycles. The molecular formula is C17H21N3O. The van der Waals surface area contributed by atoms with Crippen molar-refractivity contribution in [2.24, 2.45) is 0 Å². The van der Waals surface area contributed by atoms with Gasteiger partial charge < -0.3 is 5.11 Å². The standard InChI is InChI=1S/C15H15N3O.C2H6/c1-3-11-8-10(2)15(19)14(9-11)18-16-12-6-4-5-7-13(12)17-18;1-2/h4-9,19H,3H2,1-2H3;1-2H3. The first-order chi connectivity index (χ1) is 10.2. The van der Waals surface area contributed by atoms with Gasteiger partial charge in [-0.1, -0.05) is 39.0 Å². The van der Waals surface area contributed by atoms with Gasteiger partial charge >= 0.3 is 0 Å². The fourth-order valence-corrected chi connectivity index (χ4v) is 2.16. The number of benzene rings is 2. The zero-order valence-electron chi connectivity index (χ0n) is 13.0. The van der Waals surface area contributed by atoms with E-state index in [1.165, 1.54) is 4.80 Å². The molecule has 0 aliphatic carbocycles. The number of fused-ring (bicyclic) bond motifs is 1. The first-order valence-corrected chi connectivity index (χ1v) is 7.34. The van der Waals surface area contributed by atoms with Gasteiger partial charge in [-0.15, -0.1) is 15.0 Å². The second-order valence-electron chi connectivity index (χ2n) is 4.61. The van der Waals surface area contributed by atoms with E-state index in [-0.39, 0.29) is 5.75 Å². The summed E-state index contributed by atoms with van der Waals surface area (Å²) in [6.07, 6.45) is 0.912. The van der Waals surface area contributed by atoms with E-state index in [4.69, 9.17) is 0 Å². The van der Waals surface area contributed by atoms with Crippen LogP contribution in [0.2, 0.25) is 0 Å². The molecule has 0 radical (unpaired) electrons. The number of hydrogen-bond acceptors (Lipinski definition) is 3. The summed E-state index contributed by atoms with van der Waals surface area (Å²) in [6, 6.07) is 11.6. The summed E-state index contributed by atoms with van der Waals surface area (Å²) in [5.41, 5.74) is 4.28. The van der Waals surface area contributed by atoms with Gasteiger partial charge in [0.25, 0.3) is 0 Å². The van der Waals surface area contributed by atoms with Crippen LogP contribution in [0.4, 0.5) is 0 Å². The molecule has 0 aliphatic rings. The van der Waals surface area contributed by atoms with Crippen molar-refractivity contribution >= 4 is 11.0 Å². The largest absolute Gasteiger partial charge is 0.505 e. The molecule has 0 bridgehead atoms. The SMILES string of the molecule is CC.CCc1cc(C)c(O)c(-n2nc3ccccc3n2)c1. The van der Waals surface area contributed by atoms with Crippen LogP contribution in [0.1, 0.15) is 31.9 Å². The van der Waals surface area contributed by atoms with Crippen LogP contribution < -0.4 is 0 Å². The quantitative estimate of drug-likeness (QED) is 0.772. The van der Waals surface area contributed by atoms with E-state index in [0.717, 1.165) is 28.6 Å². The molecule has 0 saturated carbocycles. The molecule has 0 saturated heterocycles. The van der Waals surface area contributed by atoms with E-state index < -0.39 is 0 Å². The van der Waals surface area contributed by atoms with Gasteiger partial charge in [-0.25, -0.2) is 0 Å². The highest BCUT2D eigenvalue weighted by Crippen LogP contribution is 2.27. The van der Waals surface area contributed by atoms with Crippen molar-refractivity contribution in [1.82, 2.24) is 15.0 Å². The number of rotatable bonds is 2. The van der Waals surface area contributed by atoms with Crippen LogP contribution >= 0.6 is 0 Å². The first kappa shape index (κ1) is 15.0. The maximum Gasteiger partial charge on any atom is 0.146 e. The fourth-order valence-electron chi connectivity index (χ4n) is 2.16. The van der Waals surface area contributed by atoms with Gasteiger partial charge in [0.05, 0.1) is 0 Å². The van der Waals surface area contributed by atoms with Gasteiger partial charge in [-0.2, -0.15) is 0 Å². The summed E-state index contributed by atoms with van der Waals surface area (Å²) in [7, 11) is 0. The van der Waals surface area contributed by atoms with E-state index >= 15 is 0 Å². The highest BCUT2D eigenvalue weighted by Gasteiger charge is 2.11. The summed E-state index contributed by atoms with van der Waals surface area (Å²) in [5, 5.41) is 19.0. The zero-order valence-corrected chi connectivity index (χ0v) is 13.0. The van der Waals surface area contributed by atoms with Crippen molar-refractivity contribution in [3.63, 3.8) is 0 Å². The van der Waals surface area contributed by atoms with E-state index in [1.807, 2.05) is 57.2 Å². The summed E-state index contributed by atoms with van der Waals surface area (Å²) < 4.78 is 0. The monoisotopic (exact) mass is 283 g/mol. The molecule has 110 valence electrons. The molecule has 3 aromatic rings. The molecule has 0 spiro atoms. The zero-order chi connectivity index (χ0) is 15.4. The van der Waals surface area contributed by atoms with Crippen LogP contribution in [0, 0.1) is 6.92 Å². The molecule has 0 atom stereocenters. The third-order valence-corrected chi connectivity index (χ3v) is 3.25. The summed E-state index contributed by atoms with van der Waals surface area (Å²) >= 11 is 0. The highest BCUT2D eigenvalue weighted by atomic mass is 16.3. The minimum absolute atomic E-state index is 0.234. The average Bonchev–Trinajstić information content (AvgIpc) is 2.95. The molecule has 0 aliphatic heterocycles. The molecule has 3 rings (SSSR count). The first-order valence-electron chi connectivity index (χ1n) is 7.34. The molecule has 0 unspecified atom stereocenters. The smallest absolute Gasteiger partial charge is 0.146 e. The summed E-state index contributed by atoms with van der Waals surface area (Å²) in [6.45, 7) is 7.98. The Morgan fingerprint density at radius 1 is 1.05 bits per heavy atom. The molecule has 0 fully saturated rings. The third kappa shape index (κ3) is 2.89. The number of hydrogen-bond donors (Lipinski definition) is 1. The summed E-state index contributed by atoms with van der Waals surface area (Å²) in [5.74, 6) is 0.234. The Morgan fingerprint density at radius 2 is 1.62 bits per heavy atom. The Hall–Kier alpha value is -2.36. The number of phenols is 1. The predicted molar refractivity (Wildman–Crippen MR) is 86.0 cm³/mol. The lowest BCUT2D eigenvalue weighted by molar-refractivity contribution is 0.463. The highest BCUT2D eigenvalue weighted by molar-refractivity contribution is 5.73. The van der Waals surface area contributed by atoms with Gasteiger partial charge in [-0.05, 0) is 42.7 Å². The number of aromatic nitrogens is 3. The van der Waals surface area contributed by atoms with E-state index in [0.29, 0.717) is 5.69 Å². The minimum atomic E-state index is 0.234. The number of phenolic OH excluding ortho intramolecular Hbond substituents is 1. The van der Waals surface area contributed by atoms with Gasteiger partial charge in [-0.3, -0.25) is 0 Å². The van der Waals surface area contributed by atoms with Crippen molar-refractivity contribution < 1.29 is 5.11 Å². The molecule has 0 amide bonds. The molecular weight excluding hydrogens is 262 g/mol. The fraction of sp³-hybridized carbons (Fsp3) is 0.294. The maximum atomic E-state index is 10.2.